The summed E-state index contributed by atoms with van der Waals surface area (Å²) in [6.07, 6.45) is 4.38. The van der Waals surface area contributed by atoms with E-state index in [0.717, 1.165) is 44.2 Å². The number of guanidine groups is 1. The Bertz CT molecular complexity index is 971. The number of hydrogen-bond donors (Lipinski definition) is 3. The first-order valence-electron chi connectivity index (χ1n) is 11.1. The second kappa shape index (κ2) is 14.4. The van der Waals surface area contributed by atoms with Crippen molar-refractivity contribution >= 4 is 47.8 Å². The molecule has 9 heteroatoms. The minimum Gasteiger partial charge on any atom is -0.368 e. The molecule has 0 spiro atoms. The molecule has 8 nitrogen and oxygen atoms in total. The van der Waals surface area contributed by atoms with Crippen molar-refractivity contribution in [1.29, 1.82) is 0 Å². The summed E-state index contributed by atoms with van der Waals surface area (Å²) in [7, 11) is 1.80. The zero-order valence-corrected chi connectivity index (χ0v) is 21.8. The molecule has 3 rings (SSSR count). The largest absolute Gasteiger partial charge is 0.368 e. The van der Waals surface area contributed by atoms with E-state index in [-0.39, 0.29) is 36.4 Å². The first-order valence-corrected chi connectivity index (χ1v) is 11.1. The van der Waals surface area contributed by atoms with Gasteiger partial charge in [0, 0.05) is 51.9 Å². The lowest BCUT2D eigenvalue weighted by Gasteiger charge is -2.36. The van der Waals surface area contributed by atoms with Crippen LogP contribution in [0.15, 0.2) is 65.7 Å². The number of nitrogens with one attached hydrogen (secondary N) is 2. The van der Waals surface area contributed by atoms with Crippen molar-refractivity contribution in [2.24, 2.45) is 10.7 Å². The van der Waals surface area contributed by atoms with Crippen LogP contribution in [0.4, 0.5) is 0 Å². The summed E-state index contributed by atoms with van der Waals surface area (Å²) < 4.78 is 0. The molecule has 4 N–H and O–H groups in total. The number of nitrogens with two attached hydrogens (primary N) is 1. The van der Waals surface area contributed by atoms with Crippen LogP contribution in [0.25, 0.3) is 6.08 Å². The molecule has 1 heterocycles. The van der Waals surface area contributed by atoms with Gasteiger partial charge in [-0.05, 0) is 23.3 Å². The molecule has 0 radical (unpaired) electrons. The Hall–Kier alpha value is -2.92. The van der Waals surface area contributed by atoms with Crippen molar-refractivity contribution in [3.63, 3.8) is 0 Å². The summed E-state index contributed by atoms with van der Waals surface area (Å²) in [5.41, 5.74) is 7.80. The number of halogens is 1. The molecule has 0 aromatic heterocycles. The number of benzene rings is 2. The highest BCUT2D eigenvalue weighted by atomic mass is 127. The lowest BCUT2D eigenvalue weighted by atomic mass is 10.1. The molecule has 1 saturated heterocycles. The van der Waals surface area contributed by atoms with Gasteiger partial charge in [-0.15, -0.1) is 24.0 Å². The lowest BCUT2D eigenvalue weighted by molar-refractivity contribution is -0.117. The zero-order valence-electron chi connectivity index (χ0n) is 19.4. The van der Waals surface area contributed by atoms with E-state index in [1.807, 2.05) is 18.2 Å². The highest BCUT2D eigenvalue weighted by Crippen LogP contribution is 2.07. The van der Waals surface area contributed by atoms with Gasteiger partial charge in [-0.2, -0.15) is 0 Å². The number of rotatable bonds is 8. The molecule has 0 unspecified atom stereocenters. The van der Waals surface area contributed by atoms with E-state index in [9.17, 15) is 9.59 Å². The minimum atomic E-state index is -0.569. The average molecular weight is 576 g/mol. The van der Waals surface area contributed by atoms with Gasteiger partial charge in [0.2, 0.25) is 5.91 Å². The number of hydrogen-bond acceptors (Lipinski definition) is 4. The molecule has 0 aliphatic carbocycles. The van der Waals surface area contributed by atoms with E-state index in [0.29, 0.717) is 12.1 Å². The van der Waals surface area contributed by atoms with Gasteiger partial charge in [-0.1, -0.05) is 54.6 Å². The highest BCUT2D eigenvalue weighted by molar-refractivity contribution is 14.0. The molecular weight excluding hydrogens is 543 g/mol. The molecule has 1 fully saturated rings. The van der Waals surface area contributed by atoms with Crippen LogP contribution in [-0.4, -0.2) is 73.9 Å². The van der Waals surface area contributed by atoms with Gasteiger partial charge >= 0.3 is 0 Å². The first-order chi connectivity index (χ1) is 16.0. The lowest BCUT2D eigenvalue weighted by Crippen LogP contribution is -2.52. The molecule has 182 valence electrons. The maximum absolute atomic E-state index is 12.0. The molecule has 1 aliphatic rings. The fraction of sp³-hybridized carbons (Fsp3) is 0.320. The smallest absolute Gasteiger partial charge is 0.251 e. The van der Waals surface area contributed by atoms with E-state index >= 15 is 0 Å². The van der Waals surface area contributed by atoms with Crippen molar-refractivity contribution in [3.05, 3.63) is 77.4 Å². The molecular formula is C25H33IN6O2. The summed E-state index contributed by atoms with van der Waals surface area (Å²) in [4.78, 5) is 31.9. The summed E-state index contributed by atoms with van der Waals surface area (Å²) in [5, 5.41) is 5.89. The quantitative estimate of drug-likeness (QED) is 0.253. The molecule has 0 atom stereocenters. The third-order valence-electron chi connectivity index (χ3n) is 5.45. The molecule has 2 aromatic carbocycles. The predicted octanol–water partition coefficient (Wildman–Crippen LogP) is 1.93. The Morgan fingerprint density at radius 3 is 2.29 bits per heavy atom. The summed E-state index contributed by atoms with van der Waals surface area (Å²) in [6, 6.07) is 17.6. The molecule has 34 heavy (non-hydrogen) atoms. The number of aliphatic imine (C=N–C) groups is 1. The third-order valence-corrected chi connectivity index (χ3v) is 5.45. The fourth-order valence-electron chi connectivity index (χ4n) is 3.60. The van der Waals surface area contributed by atoms with Crippen LogP contribution in [0.5, 0.6) is 0 Å². The SMILES string of the molecule is CN=C(NCc1ccc(C(=O)NCC(N)=O)cc1)N1CCN(C/C=C/c2ccccc2)CC1.I. The van der Waals surface area contributed by atoms with Crippen LogP contribution in [0.1, 0.15) is 21.5 Å². The van der Waals surface area contributed by atoms with Gasteiger partial charge < -0.3 is 21.3 Å². The first kappa shape index (κ1) is 27.3. The van der Waals surface area contributed by atoms with Gasteiger partial charge in [0.1, 0.15) is 0 Å². The number of carbonyl (C=O) groups is 2. The molecule has 0 bridgehead atoms. The van der Waals surface area contributed by atoms with Gasteiger partial charge in [0.25, 0.3) is 5.91 Å². The van der Waals surface area contributed by atoms with Crippen LogP contribution in [0.3, 0.4) is 0 Å². The molecule has 1 aliphatic heterocycles. The van der Waals surface area contributed by atoms with Crippen molar-refractivity contribution < 1.29 is 9.59 Å². The monoisotopic (exact) mass is 576 g/mol. The topological polar surface area (TPSA) is 103 Å². The maximum Gasteiger partial charge on any atom is 0.251 e. The number of nitrogens with zero attached hydrogens (tertiary/aromatic N) is 3. The zero-order chi connectivity index (χ0) is 23.5. The average Bonchev–Trinajstić information content (AvgIpc) is 2.85. The number of amides is 2. The Morgan fingerprint density at radius 1 is 1.00 bits per heavy atom. The summed E-state index contributed by atoms with van der Waals surface area (Å²) in [6.45, 7) is 5.17. The summed E-state index contributed by atoms with van der Waals surface area (Å²) >= 11 is 0. The van der Waals surface area contributed by atoms with Crippen LogP contribution < -0.4 is 16.4 Å². The highest BCUT2D eigenvalue weighted by Gasteiger charge is 2.18. The number of carbonyl (C=O) groups excluding carboxylic acids is 2. The molecule has 2 aromatic rings. The van der Waals surface area contributed by atoms with E-state index in [1.54, 1.807) is 19.2 Å². The van der Waals surface area contributed by atoms with Gasteiger partial charge in [0.05, 0.1) is 6.54 Å². The van der Waals surface area contributed by atoms with Crippen LogP contribution >= 0.6 is 24.0 Å². The Morgan fingerprint density at radius 2 is 1.68 bits per heavy atom. The van der Waals surface area contributed by atoms with Crippen molar-refractivity contribution in [1.82, 2.24) is 20.4 Å². The second-order valence-electron chi connectivity index (χ2n) is 7.85. The van der Waals surface area contributed by atoms with Gasteiger partial charge in [0.15, 0.2) is 5.96 Å². The second-order valence-corrected chi connectivity index (χ2v) is 7.85. The standard InChI is InChI=1S/C25H32N6O2.HI/c1-27-25(29-18-21-9-11-22(12-10-21)24(33)28-19-23(26)32)31-16-14-30(15-17-31)13-5-8-20-6-3-2-4-7-20;/h2-12H,13-19H2,1H3,(H2,26,32)(H,27,29)(H,28,33);1H/b8-5+;. The Kier molecular flexibility index (Phi) is 11.5. The van der Waals surface area contributed by atoms with E-state index in [1.165, 1.54) is 5.56 Å². The minimum absolute atomic E-state index is 0. The normalized spacial score (nSPS) is 14.5. The van der Waals surface area contributed by atoms with Gasteiger partial charge in [-0.25, -0.2) is 0 Å². The van der Waals surface area contributed by atoms with Crippen molar-refractivity contribution in [2.45, 2.75) is 6.54 Å². The predicted molar refractivity (Wildman–Crippen MR) is 147 cm³/mol. The third kappa shape index (κ3) is 8.79. The fourth-order valence-corrected chi connectivity index (χ4v) is 3.60. The number of piperazine rings is 1. The maximum atomic E-state index is 12.0. The van der Waals surface area contributed by atoms with Crippen LogP contribution in [-0.2, 0) is 11.3 Å². The molecule has 0 saturated carbocycles. The number of primary amides is 1. The van der Waals surface area contributed by atoms with E-state index < -0.39 is 5.91 Å². The van der Waals surface area contributed by atoms with Crippen molar-refractivity contribution in [3.8, 4) is 0 Å². The van der Waals surface area contributed by atoms with Gasteiger partial charge in [-0.3, -0.25) is 19.5 Å². The van der Waals surface area contributed by atoms with Crippen LogP contribution in [0, 0.1) is 0 Å². The Balaban J connectivity index is 0.00000408. The van der Waals surface area contributed by atoms with Crippen molar-refractivity contribution in [2.75, 3.05) is 46.3 Å². The molecule has 2 amide bonds. The van der Waals surface area contributed by atoms with E-state index in [4.69, 9.17) is 5.73 Å². The van der Waals surface area contributed by atoms with E-state index in [2.05, 4.69) is 61.8 Å². The summed E-state index contributed by atoms with van der Waals surface area (Å²) in [5.74, 6) is -0.0154. The van der Waals surface area contributed by atoms with Crippen LogP contribution in [0.2, 0.25) is 0 Å². The Labute approximate surface area is 218 Å².